The molecule has 1 atom stereocenters. The van der Waals surface area contributed by atoms with Crippen molar-refractivity contribution in [3.05, 3.63) is 76.7 Å². The summed E-state index contributed by atoms with van der Waals surface area (Å²) < 4.78 is 1.37. The van der Waals surface area contributed by atoms with Crippen LogP contribution in [0.2, 0.25) is 0 Å². The second-order valence-corrected chi connectivity index (χ2v) is 6.09. The van der Waals surface area contributed by atoms with Crippen molar-refractivity contribution in [3.63, 3.8) is 0 Å². The Kier molecular flexibility index (Phi) is 4.63. The number of benzene rings is 2. The Labute approximate surface area is 144 Å². The third kappa shape index (κ3) is 3.75. The molecule has 0 aliphatic heterocycles. The van der Waals surface area contributed by atoms with Crippen molar-refractivity contribution in [3.8, 4) is 0 Å². The lowest BCUT2D eigenvalue weighted by Crippen LogP contribution is -2.41. The monoisotopic (exact) mass is 337 g/mol. The van der Waals surface area contributed by atoms with Crippen molar-refractivity contribution < 1.29 is 9.90 Å². The number of fused-ring (bicyclic) bond motifs is 1. The van der Waals surface area contributed by atoms with Gasteiger partial charge in [-0.2, -0.15) is 0 Å². The second kappa shape index (κ2) is 6.86. The van der Waals surface area contributed by atoms with Gasteiger partial charge in [-0.05, 0) is 24.6 Å². The van der Waals surface area contributed by atoms with Crippen LogP contribution >= 0.6 is 0 Å². The number of carbonyl (C=O) groups is 1. The van der Waals surface area contributed by atoms with Crippen molar-refractivity contribution in [2.75, 3.05) is 6.54 Å². The highest BCUT2D eigenvalue weighted by molar-refractivity contribution is 5.80. The highest BCUT2D eigenvalue weighted by Crippen LogP contribution is 2.18. The summed E-state index contributed by atoms with van der Waals surface area (Å²) in [5.74, 6) is -0.352. The van der Waals surface area contributed by atoms with Crippen molar-refractivity contribution in [2.24, 2.45) is 0 Å². The molecule has 3 aromatic rings. The summed E-state index contributed by atoms with van der Waals surface area (Å²) in [7, 11) is 0. The molecule has 0 aliphatic rings. The summed E-state index contributed by atoms with van der Waals surface area (Å²) in [6.45, 7) is 1.55. The molecule has 6 nitrogen and oxygen atoms in total. The van der Waals surface area contributed by atoms with Crippen LogP contribution in [-0.4, -0.2) is 27.1 Å². The molecule has 1 amide bonds. The molecule has 2 N–H and O–H groups in total. The van der Waals surface area contributed by atoms with Crippen LogP contribution in [0.4, 0.5) is 0 Å². The van der Waals surface area contributed by atoms with Gasteiger partial charge in [-0.3, -0.25) is 14.2 Å². The molecule has 0 saturated heterocycles. The van der Waals surface area contributed by atoms with Crippen molar-refractivity contribution in [2.45, 2.75) is 19.1 Å². The molecule has 0 bridgehead atoms. The smallest absolute Gasteiger partial charge is 0.269 e. The predicted molar refractivity (Wildman–Crippen MR) is 95.0 cm³/mol. The Morgan fingerprint density at radius 1 is 1.16 bits per heavy atom. The maximum Gasteiger partial charge on any atom is 0.269 e. The Hall–Kier alpha value is -2.99. The lowest BCUT2D eigenvalue weighted by atomic mass is 9.96. The van der Waals surface area contributed by atoms with E-state index in [4.69, 9.17) is 0 Å². The first kappa shape index (κ1) is 16.9. The first-order valence-corrected chi connectivity index (χ1v) is 7.96. The van der Waals surface area contributed by atoms with E-state index in [1.54, 1.807) is 37.3 Å². The molecule has 0 radical (unpaired) electrons. The van der Waals surface area contributed by atoms with Crippen LogP contribution in [0.3, 0.4) is 0 Å². The fourth-order valence-electron chi connectivity index (χ4n) is 2.65. The minimum absolute atomic E-state index is 0.0492. The summed E-state index contributed by atoms with van der Waals surface area (Å²) >= 11 is 0. The third-order valence-electron chi connectivity index (χ3n) is 4.08. The van der Waals surface area contributed by atoms with Crippen LogP contribution in [0.25, 0.3) is 11.0 Å². The molecule has 2 aromatic carbocycles. The van der Waals surface area contributed by atoms with E-state index < -0.39 is 5.60 Å². The quantitative estimate of drug-likeness (QED) is 0.737. The number of para-hydroxylation sites is 2. The number of rotatable bonds is 5. The van der Waals surface area contributed by atoms with Gasteiger partial charge in [0.2, 0.25) is 5.91 Å². The maximum atomic E-state index is 12.3. The first-order valence-electron chi connectivity index (χ1n) is 7.96. The van der Waals surface area contributed by atoms with Crippen LogP contribution in [0.1, 0.15) is 12.5 Å². The Morgan fingerprint density at radius 3 is 2.60 bits per heavy atom. The van der Waals surface area contributed by atoms with Crippen LogP contribution in [0.15, 0.2) is 65.6 Å². The van der Waals surface area contributed by atoms with Gasteiger partial charge >= 0.3 is 0 Å². The topological polar surface area (TPSA) is 84.2 Å². The number of carbonyl (C=O) groups excluding carboxylic acids is 1. The molecule has 0 fully saturated rings. The van der Waals surface area contributed by atoms with Crippen LogP contribution in [0.5, 0.6) is 0 Å². The molecule has 1 unspecified atom stereocenters. The molecule has 0 aliphatic carbocycles. The van der Waals surface area contributed by atoms with Gasteiger partial charge in [0.1, 0.15) is 12.1 Å². The summed E-state index contributed by atoms with van der Waals surface area (Å²) in [5, 5.41) is 13.2. The first-order chi connectivity index (χ1) is 12.0. The fourth-order valence-corrected chi connectivity index (χ4v) is 2.65. The van der Waals surface area contributed by atoms with Crippen molar-refractivity contribution >= 4 is 16.9 Å². The molecule has 1 aromatic heterocycles. The van der Waals surface area contributed by atoms with Crippen LogP contribution in [0, 0.1) is 0 Å². The van der Waals surface area contributed by atoms with Gasteiger partial charge in [0.05, 0.1) is 23.8 Å². The van der Waals surface area contributed by atoms with E-state index >= 15 is 0 Å². The summed E-state index contributed by atoms with van der Waals surface area (Å²) in [6.07, 6.45) is 1.20. The Bertz CT molecular complexity index is 949. The minimum atomic E-state index is -1.19. The highest BCUT2D eigenvalue weighted by Gasteiger charge is 2.23. The lowest BCUT2D eigenvalue weighted by molar-refractivity contribution is -0.122. The normalized spacial score (nSPS) is 13.4. The molecule has 3 rings (SSSR count). The molecule has 25 heavy (non-hydrogen) atoms. The molecule has 6 heteroatoms. The minimum Gasteiger partial charge on any atom is -0.384 e. The number of hydrogen-bond donors (Lipinski definition) is 2. The van der Waals surface area contributed by atoms with Gasteiger partial charge < -0.3 is 10.4 Å². The average Bonchev–Trinajstić information content (AvgIpc) is 2.63. The zero-order chi connectivity index (χ0) is 17.9. The fraction of sp³-hybridized carbons (Fsp3) is 0.211. The zero-order valence-corrected chi connectivity index (χ0v) is 13.8. The summed E-state index contributed by atoms with van der Waals surface area (Å²) in [5.41, 5.74) is 0.416. The molecular formula is C19H19N3O3. The summed E-state index contributed by atoms with van der Waals surface area (Å²) in [6, 6.07) is 16.3. The van der Waals surface area contributed by atoms with Gasteiger partial charge in [-0.25, -0.2) is 4.98 Å². The number of aliphatic hydroxyl groups is 1. The van der Waals surface area contributed by atoms with E-state index in [0.717, 1.165) is 0 Å². The third-order valence-corrected chi connectivity index (χ3v) is 4.08. The van der Waals surface area contributed by atoms with E-state index in [2.05, 4.69) is 10.3 Å². The number of nitrogens with one attached hydrogen (secondary N) is 1. The molecule has 128 valence electrons. The number of hydrogen-bond acceptors (Lipinski definition) is 4. The van der Waals surface area contributed by atoms with E-state index in [9.17, 15) is 14.7 Å². The van der Waals surface area contributed by atoms with E-state index in [0.29, 0.717) is 16.6 Å². The van der Waals surface area contributed by atoms with Crippen LogP contribution in [-0.2, 0) is 16.9 Å². The van der Waals surface area contributed by atoms with Gasteiger partial charge in [-0.1, -0.05) is 42.5 Å². The molecular weight excluding hydrogens is 318 g/mol. The largest absolute Gasteiger partial charge is 0.384 e. The average molecular weight is 337 g/mol. The van der Waals surface area contributed by atoms with E-state index in [-0.39, 0.29) is 24.6 Å². The van der Waals surface area contributed by atoms with Crippen molar-refractivity contribution in [1.29, 1.82) is 0 Å². The van der Waals surface area contributed by atoms with Crippen molar-refractivity contribution in [1.82, 2.24) is 14.9 Å². The zero-order valence-electron chi connectivity index (χ0n) is 13.8. The second-order valence-electron chi connectivity index (χ2n) is 6.09. The maximum absolute atomic E-state index is 12.3. The molecule has 0 spiro atoms. The number of aromatic nitrogens is 2. The van der Waals surface area contributed by atoms with Gasteiger partial charge in [0, 0.05) is 0 Å². The van der Waals surface area contributed by atoms with Gasteiger partial charge in [-0.15, -0.1) is 0 Å². The Balaban J connectivity index is 1.74. The standard InChI is InChI=1S/C19H19N3O3/c1-19(25,14-7-3-2-4-8-14)13-21-17(23)12-22-16-10-6-5-9-15(16)20-11-18(22)24/h2-11,25H,12-13H2,1H3,(H,21,23). The number of amides is 1. The lowest BCUT2D eigenvalue weighted by Gasteiger charge is -2.24. The molecule has 0 saturated carbocycles. The van der Waals surface area contributed by atoms with Gasteiger partial charge in [0.25, 0.3) is 5.56 Å². The predicted octanol–water partition coefficient (Wildman–Crippen LogP) is 1.42. The molecule has 1 heterocycles. The van der Waals surface area contributed by atoms with E-state index in [1.807, 2.05) is 24.3 Å². The number of nitrogens with zero attached hydrogens (tertiary/aromatic N) is 2. The van der Waals surface area contributed by atoms with Crippen LogP contribution < -0.4 is 10.9 Å². The Morgan fingerprint density at radius 2 is 1.84 bits per heavy atom. The highest BCUT2D eigenvalue weighted by atomic mass is 16.3. The van der Waals surface area contributed by atoms with Gasteiger partial charge in [0.15, 0.2) is 0 Å². The SMILES string of the molecule is CC(O)(CNC(=O)Cn1c(=O)cnc2ccccc21)c1ccccc1. The summed E-state index contributed by atoms with van der Waals surface area (Å²) in [4.78, 5) is 28.4. The van der Waals surface area contributed by atoms with E-state index in [1.165, 1.54) is 10.8 Å².